The summed E-state index contributed by atoms with van der Waals surface area (Å²) in [6.45, 7) is 1.62. The summed E-state index contributed by atoms with van der Waals surface area (Å²) < 4.78 is 26.6. The smallest absolute Gasteiger partial charge is 0.244 e. The van der Waals surface area contributed by atoms with Crippen molar-refractivity contribution in [3.63, 3.8) is 0 Å². The third-order valence-corrected chi connectivity index (χ3v) is 4.81. The van der Waals surface area contributed by atoms with E-state index in [1.54, 1.807) is 18.7 Å². The number of thioether (sulfide) groups is 1. The first-order valence-corrected chi connectivity index (χ1v) is 8.54. The van der Waals surface area contributed by atoms with Gasteiger partial charge in [0.25, 0.3) is 0 Å². The molecule has 104 valence electrons. The summed E-state index contributed by atoms with van der Waals surface area (Å²) in [6.07, 6.45) is 3.79. The fourth-order valence-corrected chi connectivity index (χ4v) is 3.50. The quantitative estimate of drug-likeness (QED) is 0.611. The molecule has 6 nitrogen and oxygen atoms in total. The van der Waals surface area contributed by atoms with Crippen LogP contribution in [0.2, 0.25) is 0 Å². The van der Waals surface area contributed by atoms with Crippen LogP contribution in [0.1, 0.15) is 24.2 Å². The monoisotopic (exact) mass is 293 g/mol. The van der Waals surface area contributed by atoms with E-state index in [4.69, 9.17) is 5.11 Å². The molecule has 0 bridgehead atoms. The van der Waals surface area contributed by atoms with E-state index in [9.17, 15) is 8.42 Å². The number of aromatic nitrogens is 2. The zero-order valence-electron chi connectivity index (χ0n) is 10.6. The van der Waals surface area contributed by atoms with Crippen LogP contribution in [-0.4, -0.2) is 42.3 Å². The average Bonchev–Trinajstić information content (AvgIpc) is 2.71. The van der Waals surface area contributed by atoms with Gasteiger partial charge in [-0.25, -0.2) is 13.1 Å². The fraction of sp³-hybridized carbons (Fsp3) is 0.700. The third kappa shape index (κ3) is 3.98. The predicted octanol–water partition coefficient (Wildman–Crippen LogP) is 0.632. The maximum Gasteiger partial charge on any atom is 0.244 e. The molecule has 1 rings (SSSR count). The Kier molecular flexibility index (Phi) is 6.13. The van der Waals surface area contributed by atoms with Gasteiger partial charge in [0.15, 0.2) is 0 Å². The Hall–Kier alpha value is -0.570. The summed E-state index contributed by atoms with van der Waals surface area (Å²) in [6, 6.07) is 0. The number of hydrogen-bond donors (Lipinski definition) is 3. The minimum absolute atomic E-state index is 0.0647. The van der Waals surface area contributed by atoms with Crippen LogP contribution in [0.5, 0.6) is 0 Å². The summed E-state index contributed by atoms with van der Waals surface area (Å²) in [5.74, 6) is 1.02. The molecular weight excluding hydrogens is 274 g/mol. The summed E-state index contributed by atoms with van der Waals surface area (Å²) in [5.41, 5.74) is 0.597. The molecule has 0 amide bonds. The van der Waals surface area contributed by atoms with E-state index in [-0.39, 0.29) is 10.6 Å². The van der Waals surface area contributed by atoms with Crippen molar-refractivity contribution in [3.05, 3.63) is 11.4 Å². The molecule has 0 fully saturated rings. The molecule has 0 aliphatic heterocycles. The summed E-state index contributed by atoms with van der Waals surface area (Å²) in [5, 5.41) is 15.4. The highest BCUT2D eigenvalue weighted by molar-refractivity contribution is 7.98. The number of aliphatic hydroxyl groups is 1. The topological polar surface area (TPSA) is 95.1 Å². The molecule has 0 radical (unpaired) electrons. The van der Waals surface area contributed by atoms with Crippen LogP contribution in [0, 0.1) is 6.92 Å². The molecule has 0 spiro atoms. The van der Waals surface area contributed by atoms with Crippen molar-refractivity contribution in [2.45, 2.75) is 31.3 Å². The van der Waals surface area contributed by atoms with Gasteiger partial charge in [-0.2, -0.15) is 16.9 Å². The summed E-state index contributed by atoms with van der Waals surface area (Å²) in [4.78, 5) is 0.0647. The second-order valence-corrected chi connectivity index (χ2v) is 6.57. The van der Waals surface area contributed by atoms with E-state index in [2.05, 4.69) is 14.9 Å². The Balaban J connectivity index is 2.65. The van der Waals surface area contributed by atoms with Gasteiger partial charge in [0, 0.05) is 6.54 Å². The number of sulfonamides is 1. The van der Waals surface area contributed by atoms with Gasteiger partial charge < -0.3 is 5.11 Å². The van der Waals surface area contributed by atoms with E-state index in [0.717, 1.165) is 18.6 Å². The molecule has 0 aromatic carbocycles. The standard InChI is InChI=1S/C10H19N3O3S2/c1-8-10(9(7-14)13-12-8)18(15,16)11-5-3-4-6-17-2/h11,14H,3-7H2,1-2H3,(H,12,13). The van der Waals surface area contributed by atoms with Crippen molar-refractivity contribution < 1.29 is 13.5 Å². The van der Waals surface area contributed by atoms with Crippen LogP contribution in [0.4, 0.5) is 0 Å². The van der Waals surface area contributed by atoms with E-state index in [0.29, 0.717) is 12.2 Å². The van der Waals surface area contributed by atoms with E-state index in [1.807, 2.05) is 6.26 Å². The second-order valence-electron chi connectivity index (χ2n) is 3.88. The maximum atomic E-state index is 12.0. The molecule has 8 heteroatoms. The van der Waals surface area contributed by atoms with Crippen LogP contribution in [0.3, 0.4) is 0 Å². The first kappa shape index (κ1) is 15.5. The van der Waals surface area contributed by atoms with Crippen LogP contribution in [0.15, 0.2) is 4.90 Å². The molecule has 1 aromatic heterocycles. The number of nitrogens with zero attached hydrogens (tertiary/aromatic N) is 1. The average molecular weight is 293 g/mol. The molecule has 18 heavy (non-hydrogen) atoms. The van der Waals surface area contributed by atoms with E-state index >= 15 is 0 Å². The highest BCUT2D eigenvalue weighted by atomic mass is 32.2. The summed E-state index contributed by atoms with van der Waals surface area (Å²) in [7, 11) is -3.59. The van der Waals surface area contributed by atoms with Gasteiger partial charge in [-0.1, -0.05) is 0 Å². The summed E-state index contributed by atoms with van der Waals surface area (Å²) >= 11 is 1.74. The van der Waals surface area contributed by atoms with Gasteiger partial charge in [0.1, 0.15) is 10.6 Å². The van der Waals surface area contributed by atoms with Crippen molar-refractivity contribution in [3.8, 4) is 0 Å². The Morgan fingerprint density at radius 2 is 2.17 bits per heavy atom. The van der Waals surface area contributed by atoms with Crippen LogP contribution in [0.25, 0.3) is 0 Å². The number of nitrogens with one attached hydrogen (secondary N) is 2. The van der Waals surface area contributed by atoms with Gasteiger partial charge in [0.2, 0.25) is 10.0 Å². The Morgan fingerprint density at radius 3 is 2.78 bits per heavy atom. The molecule has 3 N–H and O–H groups in total. The van der Waals surface area contributed by atoms with Gasteiger partial charge in [-0.3, -0.25) is 5.10 Å². The zero-order chi connectivity index (χ0) is 13.6. The SMILES string of the molecule is CSCCCCNS(=O)(=O)c1c(CO)n[nH]c1C. The Morgan fingerprint density at radius 1 is 1.44 bits per heavy atom. The number of unbranched alkanes of at least 4 members (excludes halogenated alkanes) is 1. The lowest BCUT2D eigenvalue weighted by Crippen LogP contribution is -2.26. The zero-order valence-corrected chi connectivity index (χ0v) is 12.2. The van der Waals surface area contributed by atoms with Gasteiger partial charge in [-0.05, 0) is 31.8 Å². The van der Waals surface area contributed by atoms with E-state index in [1.165, 1.54) is 0 Å². The van der Waals surface area contributed by atoms with Crippen molar-refractivity contribution >= 4 is 21.8 Å². The molecule has 0 saturated heterocycles. The molecule has 0 saturated carbocycles. The van der Waals surface area contributed by atoms with Crippen LogP contribution in [-0.2, 0) is 16.6 Å². The van der Waals surface area contributed by atoms with Crippen molar-refractivity contribution in [2.24, 2.45) is 0 Å². The molecule has 1 heterocycles. The second kappa shape index (κ2) is 7.13. The van der Waals surface area contributed by atoms with E-state index < -0.39 is 16.6 Å². The number of H-pyrrole nitrogens is 1. The maximum absolute atomic E-state index is 12.0. The van der Waals surface area contributed by atoms with Gasteiger partial charge in [-0.15, -0.1) is 0 Å². The van der Waals surface area contributed by atoms with Crippen molar-refractivity contribution in [1.82, 2.24) is 14.9 Å². The third-order valence-electron chi connectivity index (χ3n) is 2.45. The predicted molar refractivity (Wildman–Crippen MR) is 72.1 cm³/mol. The normalized spacial score (nSPS) is 11.9. The van der Waals surface area contributed by atoms with Crippen LogP contribution >= 0.6 is 11.8 Å². The lowest BCUT2D eigenvalue weighted by Gasteiger charge is -2.07. The Bertz CT molecular complexity index is 471. The number of aliphatic hydroxyl groups excluding tert-OH is 1. The fourth-order valence-electron chi connectivity index (χ4n) is 1.58. The largest absolute Gasteiger partial charge is 0.390 e. The lowest BCUT2D eigenvalue weighted by molar-refractivity contribution is 0.273. The number of rotatable bonds is 8. The van der Waals surface area contributed by atoms with Crippen LogP contribution < -0.4 is 4.72 Å². The van der Waals surface area contributed by atoms with Crippen molar-refractivity contribution in [1.29, 1.82) is 0 Å². The molecule has 1 aromatic rings. The van der Waals surface area contributed by atoms with Crippen molar-refractivity contribution in [2.75, 3.05) is 18.6 Å². The van der Waals surface area contributed by atoms with Gasteiger partial charge >= 0.3 is 0 Å². The first-order valence-electron chi connectivity index (χ1n) is 5.66. The molecule has 0 aliphatic carbocycles. The Labute approximate surface area is 112 Å². The minimum atomic E-state index is -3.59. The highest BCUT2D eigenvalue weighted by Gasteiger charge is 2.23. The molecular formula is C10H19N3O3S2. The molecule has 0 aliphatic rings. The number of hydrogen-bond acceptors (Lipinski definition) is 5. The number of aryl methyl sites for hydroxylation is 1. The van der Waals surface area contributed by atoms with Gasteiger partial charge in [0.05, 0.1) is 12.3 Å². The lowest BCUT2D eigenvalue weighted by atomic mass is 10.3. The minimum Gasteiger partial charge on any atom is -0.390 e. The molecule has 0 unspecified atom stereocenters. The number of aromatic amines is 1. The molecule has 0 atom stereocenters. The highest BCUT2D eigenvalue weighted by Crippen LogP contribution is 2.17. The first-order chi connectivity index (χ1) is 8.53.